The summed E-state index contributed by atoms with van der Waals surface area (Å²) in [6.07, 6.45) is 3.85. The van der Waals surface area contributed by atoms with Crippen molar-refractivity contribution in [3.63, 3.8) is 0 Å². The number of fused-ring (bicyclic) bond motifs is 1. The molecule has 0 unspecified atom stereocenters. The van der Waals surface area contributed by atoms with Crippen LogP contribution in [0.3, 0.4) is 0 Å². The van der Waals surface area contributed by atoms with Crippen LogP contribution in [-0.2, 0) is 6.61 Å². The molecule has 0 aliphatic carbocycles. The predicted molar refractivity (Wildman–Crippen MR) is 112 cm³/mol. The van der Waals surface area contributed by atoms with Gasteiger partial charge in [0.05, 0.1) is 18.5 Å². The number of hydrogen-bond acceptors (Lipinski definition) is 4. The Bertz CT molecular complexity index is 1140. The molecular formula is C22H18ClN3O3. The monoisotopic (exact) mass is 407 g/mol. The highest BCUT2D eigenvalue weighted by molar-refractivity contribution is 6.31. The molecule has 0 fully saturated rings. The van der Waals surface area contributed by atoms with Gasteiger partial charge in [-0.25, -0.2) is 4.98 Å². The molecule has 29 heavy (non-hydrogen) atoms. The Morgan fingerprint density at radius 2 is 2.03 bits per heavy atom. The molecule has 0 saturated heterocycles. The van der Waals surface area contributed by atoms with Gasteiger partial charge in [-0.15, -0.1) is 0 Å². The SMILES string of the molecule is COc1ccc(Cl)cc1NC(=O)c1cccc(OCc2cn3ccccc3n2)c1. The maximum absolute atomic E-state index is 12.7. The summed E-state index contributed by atoms with van der Waals surface area (Å²) in [6.45, 7) is 0.300. The van der Waals surface area contributed by atoms with E-state index in [1.54, 1.807) is 42.5 Å². The first-order valence-electron chi connectivity index (χ1n) is 8.93. The average molecular weight is 408 g/mol. The molecule has 0 atom stereocenters. The van der Waals surface area contributed by atoms with Crippen LogP contribution in [-0.4, -0.2) is 22.4 Å². The van der Waals surface area contributed by atoms with Crippen LogP contribution in [0.5, 0.6) is 11.5 Å². The summed E-state index contributed by atoms with van der Waals surface area (Å²) in [4.78, 5) is 17.2. The van der Waals surface area contributed by atoms with Crippen molar-refractivity contribution in [1.29, 1.82) is 0 Å². The number of nitrogens with zero attached hydrogens (tertiary/aromatic N) is 2. The summed E-state index contributed by atoms with van der Waals surface area (Å²) < 4.78 is 13.0. The Morgan fingerprint density at radius 3 is 2.86 bits per heavy atom. The van der Waals surface area contributed by atoms with E-state index in [4.69, 9.17) is 21.1 Å². The third-order valence-corrected chi connectivity index (χ3v) is 4.54. The Kier molecular flexibility index (Phi) is 5.35. The van der Waals surface area contributed by atoms with Crippen molar-refractivity contribution in [2.24, 2.45) is 0 Å². The van der Waals surface area contributed by atoms with E-state index in [2.05, 4.69) is 10.3 Å². The molecule has 0 radical (unpaired) electrons. The molecule has 2 aromatic heterocycles. The van der Waals surface area contributed by atoms with Crippen LogP contribution < -0.4 is 14.8 Å². The van der Waals surface area contributed by atoms with Gasteiger partial charge in [-0.1, -0.05) is 23.7 Å². The van der Waals surface area contributed by atoms with Gasteiger partial charge < -0.3 is 19.2 Å². The van der Waals surface area contributed by atoms with Crippen LogP contribution >= 0.6 is 11.6 Å². The number of aromatic nitrogens is 2. The van der Waals surface area contributed by atoms with Gasteiger partial charge in [-0.2, -0.15) is 0 Å². The van der Waals surface area contributed by atoms with Gasteiger partial charge >= 0.3 is 0 Å². The molecule has 0 aliphatic heterocycles. The van der Waals surface area contributed by atoms with Crippen LogP contribution in [0.25, 0.3) is 5.65 Å². The molecule has 0 aliphatic rings. The number of halogens is 1. The van der Waals surface area contributed by atoms with E-state index in [-0.39, 0.29) is 5.91 Å². The lowest BCUT2D eigenvalue weighted by Crippen LogP contribution is -2.12. The third-order valence-electron chi connectivity index (χ3n) is 4.31. The van der Waals surface area contributed by atoms with E-state index in [9.17, 15) is 4.79 Å². The maximum atomic E-state index is 12.7. The van der Waals surface area contributed by atoms with E-state index in [0.29, 0.717) is 34.4 Å². The number of pyridine rings is 1. The molecule has 1 N–H and O–H groups in total. The van der Waals surface area contributed by atoms with Gasteiger partial charge in [-0.3, -0.25) is 4.79 Å². The number of carbonyl (C=O) groups excluding carboxylic acids is 1. The number of methoxy groups -OCH3 is 1. The van der Waals surface area contributed by atoms with Crippen LogP contribution in [0.15, 0.2) is 73.1 Å². The van der Waals surface area contributed by atoms with Gasteiger partial charge in [0.1, 0.15) is 23.8 Å². The van der Waals surface area contributed by atoms with Crippen molar-refractivity contribution in [2.45, 2.75) is 6.61 Å². The zero-order valence-corrected chi connectivity index (χ0v) is 16.4. The van der Waals surface area contributed by atoms with Crippen molar-refractivity contribution >= 4 is 28.8 Å². The lowest BCUT2D eigenvalue weighted by molar-refractivity contribution is 0.102. The fraction of sp³-hybridized carbons (Fsp3) is 0.0909. The van der Waals surface area contributed by atoms with Crippen LogP contribution in [0.2, 0.25) is 5.02 Å². The van der Waals surface area contributed by atoms with Gasteiger partial charge in [0.15, 0.2) is 0 Å². The molecule has 0 bridgehead atoms. The van der Waals surface area contributed by atoms with E-state index in [0.717, 1.165) is 11.3 Å². The van der Waals surface area contributed by atoms with Crippen molar-refractivity contribution in [1.82, 2.24) is 9.38 Å². The second kappa shape index (κ2) is 8.24. The fourth-order valence-electron chi connectivity index (χ4n) is 2.91. The number of nitrogens with one attached hydrogen (secondary N) is 1. The van der Waals surface area contributed by atoms with Crippen LogP contribution in [0, 0.1) is 0 Å². The lowest BCUT2D eigenvalue weighted by Gasteiger charge is -2.11. The molecule has 2 aromatic carbocycles. The van der Waals surface area contributed by atoms with Crippen molar-refractivity contribution in [3.05, 3.63) is 89.3 Å². The summed E-state index contributed by atoms with van der Waals surface area (Å²) in [5, 5.41) is 3.32. The first-order valence-corrected chi connectivity index (χ1v) is 9.30. The molecule has 4 rings (SSSR count). The molecule has 6 nitrogen and oxygen atoms in total. The maximum Gasteiger partial charge on any atom is 0.255 e. The Morgan fingerprint density at radius 1 is 1.14 bits per heavy atom. The number of ether oxygens (including phenoxy) is 2. The quantitative estimate of drug-likeness (QED) is 0.497. The molecule has 0 saturated carbocycles. The predicted octanol–water partition coefficient (Wildman–Crippen LogP) is 4.83. The molecule has 7 heteroatoms. The molecule has 146 valence electrons. The minimum absolute atomic E-state index is 0.288. The minimum atomic E-state index is -0.288. The summed E-state index contributed by atoms with van der Waals surface area (Å²) in [5.74, 6) is 0.818. The third kappa shape index (κ3) is 4.33. The van der Waals surface area contributed by atoms with E-state index < -0.39 is 0 Å². The largest absolute Gasteiger partial charge is 0.495 e. The Hall–Kier alpha value is -3.51. The molecular weight excluding hydrogens is 390 g/mol. The van der Waals surface area contributed by atoms with Gasteiger partial charge in [0.25, 0.3) is 5.91 Å². The van der Waals surface area contributed by atoms with E-state index in [1.807, 2.05) is 35.0 Å². The summed E-state index contributed by atoms with van der Waals surface area (Å²) in [6, 6.07) is 17.8. The van der Waals surface area contributed by atoms with Crippen LogP contribution in [0.4, 0.5) is 5.69 Å². The zero-order chi connectivity index (χ0) is 20.2. The number of hydrogen-bond donors (Lipinski definition) is 1. The van der Waals surface area contributed by atoms with Gasteiger partial charge in [-0.05, 0) is 48.5 Å². The van der Waals surface area contributed by atoms with Crippen molar-refractivity contribution < 1.29 is 14.3 Å². The first kappa shape index (κ1) is 18.8. The number of rotatable bonds is 6. The van der Waals surface area contributed by atoms with E-state index in [1.165, 1.54) is 7.11 Å². The second-order valence-electron chi connectivity index (χ2n) is 6.31. The highest BCUT2D eigenvalue weighted by Crippen LogP contribution is 2.28. The lowest BCUT2D eigenvalue weighted by atomic mass is 10.2. The van der Waals surface area contributed by atoms with Crippen molar-refractivity contribution in [2.75, 3.05) is 12.4 Å². The zero-order valence-electron chi connectivity index (χ0n) is 15.6. The van der Waals surface area contributed by atoms with Gasteiger partial charge in [0, 0.05) is 23.0 Å². The Labute approximate surface area is 172 Å². The molecule has 4 aromatic rings. The number of anilines is 1. The summed E-state index contributed by atoms with van der Waals surface area (Å²) in [7, 11) is 1.53. The van der Waals surface area contributed by atoms with Crippen LogP contribution in [0.1, 0.15) is 16.1 Å². The van der Waals surface area contributed by atoms with Crippen molar-refractivity contribution in [3.8, 4) is 11.5 Å². The molecule has 1 amide bonds. The summed E-state index contributed by atoms with van der Waals surface area (Å²) >= 11 is 6.02. The topological polar surface area (TPSA) is 64.9 Å². The summed E-state index contributed by atoms with van der Waals surface area (Å²) in [5.41, 5.74) is 2.62. The first-order chi connectivity index (χ1) is 14.1. The smallest absolute Gasteiger partial charge is 0.255 e. The normalized spacial score (nSPS) is 10.7. The number of carbonyl (C=O) groups is 1. The number of imidazole rings is 1. The Balaban J connectivity index is 1.46. The van der Waals surface area contributed by atoms with E-state index >= 15 is 0 Å². The highest BCUT2D eigenvalue weighted by atomic mass is 35.5. The molecule has 0 spiro atoms. The second-order valence-corrected chi connectivity index (χ2v) is 6.75. The highest BCUT2D eigenvalue weighted by Gasteiger charge is 2.12. The average Bonchev–Trinajstić information content (AvgIpc) is 3.16. The number of benzene rings is 2. The molecule has 2 heterocycles. The standard InChI is InChI=1S/C22H18ClN3O3/c1-28-20-9-8-16(23)12-19(20)25-22(27)15-5-4-6-18(11-15)29-14-17-13-26-10-3-2-7-21(26)24-17/h2-13H,14H2,1H3,(H,25,27). The minimum Gasteiger partial charge on any atom is -0.495 e. The number of amides is 1. The fourth-order valence-corrected chi connectivity index (χ4v) is 3.09. The van der Waals surface area contributed by atoms with Gasteiger partial charge in [0.2, 0.25) is 0 Å².